The summed E-state index contributed by atoms with van der Waals surface area (Å²) in [4.78, 5) is 0. The molecule has 0 fully saturated rings. The van der Waals surface area contributed by atoms with Crippen molar-refractivity contribution in [2.24, 2.45) is 5.73 Å². The summed E-state index contributed by atoms with van der Waals surface area (Å²) < 4.78 is 40.0. The SMILES string of the molecule is Cc1cc(OC(F)(F)F)cc(CC(C)N)c1O. The third-order valence-corrected chi connectivity index (χ3v) is 2.13. The Labute approximate surface area is 97.0 Å². The number of aromatic hydroxyl groups is 1. The van der Waals surface area contributed by atoms with Crippen LogP contribution in [-0.4, -0.2) is 17.5 Å². The topological polar surface area (TPSA) is 55.5 Å². The molecule has 6 heteroatoms. The van der Waals surface area contributed by atoms with Crippen molar-refractivity contribution in [1.82, 2.24) is 0 Å². The van der Waals surface area contributed by atoms with E-state index in [1.807, 2.05) is 0 Å². The number of aryl methyl sites for hydroxylation is 1. The molecule has 1 aromatic carbocycles. The molecule has 0 bridgehead atoms. The number of nitrogens with two attached hydrogens (primary N) is 1. The first-order valence-corrected chi connectivity index (χ1v) is 5.03. The molecule has 1 atom stereocenters. The van der Waals surface area contributed by atoms with Crippen LogP contribution in [-0.2, 0) is 6.42 Å². The van der Waals surface area contributed by atoms with Gasteiger partial charge in [0.2, 0.25) is 0 Å². The lowest BCUT2D eigenvalue weighted by molar-refractivity contribution is -0.274. The smallest absolute Gasteiger partial charge is 0.507 e. The summed E-state index contributed by atoms with van der Waals surface area (Å²) in [5.41, 5.74) is 6.21. The third-order valence-electron chi connectivity index (χ3n) is 2.13. The molecule has 3 N–H and O–H groups in total. The standard InChI is InChI=1S/C11H14F3NO2/c1-6-3-9(17-11(12,13)14)5-8(10(6)16)4-7(2)15/h3,5,7,16H,4,15H2,1-2H3. The molecule has 1 rings (SSSR count). The average Bonchev–Trinajstić information content (AvgIpc) is 2.09. The lowest BCUT2D eigenvalue weighted by Crippen LogP contribution is -2.19. The van der Waals surface area contributed by atoms with E-state index in [1.54, 1.807) is 6.92 Å². The van der Waals surface area contributed by atoms with Crippen molar-refractivity contribution in [2.75, 3.05) is 0 Å². The van der Waals surface area contributed by atoms with E-state index in [0.717, 1.165) is 12.1 Å². The lowest BCUT2D eigenvalue weighted by atomic mass is 10.0. The second-order valence-corrected chi connectivity index (χ2v) is 3.98. The van der Waals surface area contributed by atoms with E-state index in [0.29, 0.717) is 11.1 Å². The Morgan fingerprint density at radius 1 is 1.41 bits per heavy atom. The maximum atomic E-state index is 12.1. The van der Waals surface area contributed by atoms with Crippen molar-refractivity contribution in [3.8, 4) is 11.5 Å². The van der Waals surface area contributed by atoms with Crippen LogP contribution in [0.1, 0.15) is 18.1 Å². The van der Waals surface area contributed by atoms with Gasteiger partial charge in [-0.2, -0.15) is 0 Å². The van der Waals surface area contributed by atoms with E-state index >= 15 is 0 Å². The summed E-state index contributed by atoms with van der Waals surface area (Å²) in [6.45, 7) is 3.20. The highest BCUT2D eigenvalue weighted by Crippen LogP contribution is 2.31. The zero-order valence-electron chi connectivity index (χ0n) is 9.51. The highest BCUT2D eigenvalue weighted by atomic mass is 19.4. The molecule has 0 amide bonds. The molecule has 0 radical (unpaired) electrons. The maximum absolute atomic E-state index is 12.1. The number of phenolic OH excluding ortho intramolecular Hbond substituents is 1. The molecule has 0 aromatic heterocycles. The predicted molar refractivity (Wildman–Crippen MR) is 56.9 cm³/mol. The average molecular weight is 249 g/mol. The van der Waals surface area contributed by atoms with Crippen molar-refractivity contribution < 1.29 is 23.0 Å². The maximum Gasteiger partial charge on any atom is 0.573 e. The van der Waals surface area contributed by atoms with Crippen LogP contribution in [0.4, 0.5) is 13.2 Å². The van der Waals surface area contributed by atoms with Gasteiger partial charge in [-0.15, -0.1) is 13.2 Å². The fraction of sp³-hybridized carbons (Fsp3) is 0.455. The van der Waals surface area contributed by atoms with Gasteiger partial charge in [-0.1, -0.05) is 0 Å². The van der Waals surface area contributed by atoms with Crippen LogP contribution >= 0.6 is 0 Å². The van der Waals surface area contributed by atoms with Crippen LogP contribution < -0.4 is 10.5 Å². The van der Waals surface area contributed by atoms with Gasteiger partial charge in [0.25, 0.3) is 0 Å². The Balaban J connectivity index is 3.06. The van der Waals surface area contributed by atoms with Crippen molar-refractivity contribution in [2.45, 2.75) is 32.7 Å². The first-order chi connectivity index (χ1) is 7.69. The van der Waals surface area contributed by atoms with E-state index in [2.05, 4.69) is 4.74 Å². The number of hydrogen-bond donors (Lipinski definition) is 2. The van der Waals surface area contributed by atoms with Crippen molar-refractivity contribution in [3.63, 3.8) is 0 Å². The van der Waals surface area contributed by atoms with Gasteiger partial charge in [0.05, 0.1) is 0 Å². The second kappa shape index (κ2) is 4.83. The predicted octanol–water partition coefficient (Wildman–Crippen LogP) is 2.49. The van der Waals surface area contributed by atoms with Gasteiger partial charge in [-0.05, 0) is 43.5 Å². The summed E-state index contributed by atoms with van der Waals surface area (Å²) in [6.07, 6.45) is -4.46. The lowest BCUT2D eigenvalue weighted by Gasteiger charge is -2.14. The second-order valence-electron chi connectivity index (χ2n) is 3.98. The van der Waals surface area contributed by atoms with Gasteiger partial charge in [0.15, 0.2) is 0 Å². The van der Waals surface area contributed by atoms with Gasteiger partial charge in [-0.3, -0.25) is 0 Å². The molecule has 96 valence electrons. The Morgan fingerprint density at radius 2 is 2.00 bits per heavy atom. The quantitative estimate of drug-likeness (QED) is 0.865. The van der Waals surface area contributed by atoms with Crippen LogP contribution in [0, 0.1) is 6.92 Å². The summed E-state index contributed by atoms with van der Waals surface area (Å²) in [6, 6.07) is 2.02. The van der Waals surface area contributed by atoms with E-state index in [4.69, 9.17) is 5.73 Å². The number of ether oxygens (including phenoxy) is 1. The number of benzene rings is 1. The van der Waals surface area contributed by atoms with E-state index < -0.39 is 6.36 Å². The Morgan fingerprint density at radius 3 is 2.47 bits per heavy atom. The minimum absolute atomic E-state index is 0.0446. The molecule has 0 spiro atoms. The van der Waals surface area contributed by atoms with Crippen molar-refractivity contribution in [3.05, 3.63) is 23.3 Å². The molecule has 17 heavy (non-hydrogen) atoms. The normalized spacial score (nSPS) is 13.5. The van der Waals surface area contributed by atoms with E-state index in [9.17, 15) is 18.3 Å². The molecular formula is C11H14F3NO2. The number of alkyl halides is 3. The molecule has 0 saturated heterocycles. The molecule has 1 aromatic rings. The first kappa shape index (κ1) is 13.6. The minimum atomic E-state index is -4.74. The molecule has 0 aliphatic heterocycles. The highest BCUT2D eigenvalue weighted by molar-refractivity contribution is 5.46. The van der Waals surface area contributed by atoms with Crippen molar-refractivity contribution >= 4 is 0 Å². The summed E-state index contributed by atoms with van der Waals surface area (Å²) in [5, 5.41) is 9.68. The Hall–Kier alpha value is -1.43. The molecule has 0 heterocycles. The number of halogens is 3. The highest BCUT2D eigenvalue weighted by Gasteiger charge is 2.31. The monoisotopic (exact) mass is 249 g/mol. The largest absolute Gasteiger partial charge is 0.573 e. The third kappa shape index (κ3) is 4.14. The molecule has 3 nitrogen and oxygen atoms in total. The van der Waals surface area contributed by atoms with Gasteiger partial charge in [-0.25, -0.2) is 0 Å². The van der Waals surface area contributed by atoms with Crippen LogP contribution in [0.15, 0.2) is 12.1 Å². The summed E-state index contributed by atoms with van der Waals surface area (Å²) in [7, 11) is 0. The van der Waals surface area contributed by atoms with Gasteiger partial charge in [0, 0.05) is 6.04 Å². The molecule has 1 unspecified atom stereocenters. The number of phenols is 1. The van der Waals surface area contributed by atoms with Crippen molar-refractivity contribution in [1.29, 1.82) is 0 Å². The zero-order chi connectivity index (χ0) is 13.2. The Bertz CT molecular complexity index is 402. The van der Waals surface area contributed by atoms with Crippen LogP contribution in [0.5, 0.6) is 11.5 Å². The van der Waals surface area contributed by atoms with Crippen LogP contribution in [0.2, 0.25) is 0 Å². The summed E-state index contributed by atoms with van der Waals surface area (Å²) >= 11 is 0. The van der Waals surface area contributed by atoms with Crippen LogP contribution in [0.25, 0.3) is 0 Å². The molecule has 0 aliphatic rings. The zero-order valence-corrected chi connectivity index (χ0v) is 9.51. The fourth-order valence-electron chi connectivity index (χ4n) is 1.51. The van der Waals surface area contributed by atoms with Gasteiger partial charge in [0.1, 0.15) is 11.5 Å². The summed E-state index contributed by atoms with van der Waals surface area (Å²) in [5.74, 6) is -0.389. The molecule has 0 saturated carbocycles. The minimum Gasteiger partial charge on any atom is -0.507 e. The number of rotatable bonds is 3. The van der Waals surface area contributed by atoms with Crippen LogP contribution in [0.3, 0.4) is 0 Å². The van der Waals surface area contributed by atoms with Gasteiger partial charge < -0.3 is 15.6 Å². The first-order valence-electron chi connectivity index (χ1n) is 5.03. The fourth-order valence-corrected chi connectivity index (χ4v) is 1.51. The molecule has 0 aliphatic carbocycles. The van der Waals surface area contributed by atoms with E-state index in [-0.39, 0.29) is 24.0 Å². The van der Waals surface area contributed by atoms with E-state index in [1.165, 1.54) is 6.92 Å². The number of hydrogen-bond acceptors (Lipinski definition) is 3. The van der Waals surface area contributed by atoms with Gasteiger partial charge >= 0.3 is 6.36 Å². The molecular weight excluding hydrogens is 235 g/mol. The Kier molecular flexibility index (Phi) is 3.87.